The third-order valence-corrected chi connectivity index (χ3v) is 13.5. The van der Waals surface area contributed by atoms with E-state index in [0.29, 0.717) is 6.61 Å². The zero-order valence-corrected chi connectivity index (χ0v) is 29.0. The summed E-state index contributed by atoms with van der Waals surface area (Å²) < 4.78 is 33.1. The summed E-state index contributed by atoms with van der Waals surface area (Å²) >= 11 is 0. The van der Waals surface area contributed by atoms with Gasteiger partial charge in [-0.05, 0) is 55.6 Å². The maximum Gasteiger partial charge on any atom is 0.410 e. The van der Waals surface area contributed by atoms with Crippen molar-refractivity contribution in [1.29, 1.82) is 0 Å². The van der Waals surface area contributed by atoms with Crippen molar-refractivity contribution in [1.82, 2.24) is 4.90 Å². The Morgan fingerprint density at radius 1 is 0.822 bits per heavy atom. The Morgan fingerprint density at radius 2 is 1.33 bits per heavy atom. The predicted octanol–water partition coefficient (Wildman–Crippen LogP) is 6.29. The Bertz CT molecular complexity index is 1360. The molecule has 4 atom stereocenters. The third kappa shape index (κ3) is 7.36. The Hall–Kier alpha value is -3.01. The molecule has 45 heavy (non-hydrogen) atoms. The Kier molecular flexibility index (Phi) is 9.64. The quantitative estimate of drug-likeness (QED) is 0.273. The van der Waals surface area contributed by atoms with Crippen LogP contribution in [0.2, 0.25) is 5.04 Å². The number of nitrogens with zero attached hydrogens (tertiary/aromatic N) is 1. The summed E-state index contributed by atoms with van der Waals surface area (Å²) in [7, 11) is -2.99. The first-order chi connectivity index (χ1) is 21.2. The summed E-state index contributed by atoms with van der Waals surface area (Å²) in [6, 6.07) is 30.6. The van der Waals surface area contributed by atoms with Crippen molar-refractivity contribution in [3.8, 4) is 0 Å². The van der Waals surface area contributed by atoms with Crippen LogP contribution in [0.25, 0.3) is 0 Å². The van der Waals surface area contributed by atoms with E-state index in [-0.39, 0.29) is 18.2 Å². The van der Waals surface area contributed by atoms with Gasteiger partial charge >= 0.3 is 6.09 Å². The zero-order chi connectivity index (χ0) is 32.5. The average Bonchev–Trinajstić information content (AvgIpc) is 3.31. The van der Waals surface area contributed by atoms with Gasteiger partial charge < -0.3 is 23.4 Å². The van der Waals surface area contributed by atoms with Crippen molar-refractivity contribution in [2.45, 2.75) is 103 Å². The van der Waals surface area contributed by atoms with Crippen molar-refractivity contribution < 1.29 is 28.2 Å². The van der Waals surface area contributed by atoms with E-state index in [1.54, 1.807) is 4.90 Å². The van der Waals surface area contributed by atoms with Crippen LogP contribution >= 0.6 is 0 Å². The number of carbonyl (C=O) groups is 1. The molecule has 0 unspecified atom stereocenters. The monoisotopic (exact) mass is 631 g/mol. The van der Waals surface area contributed by atoms with Crippen LogP contribution in [-0.4, -0.2) is 68.2 Å². The molecule has 242 valence electrons. The fourth-order valence-electron chi connectivity index (χ4n) is 6.62. The van der Waals surface area contributed by atoms with Crippen LogP contribution < -0.4 is 10.4 Å². The van der Waals surface area contributed by atoms with E-state index in [1.807, 2.05) is 77.1 Å². The number of amides is 1. The normalized spacial score (nSPS) is 23.4. The molecule has 3 aromatic carbocycles. The number of hydrogen-bond acceptors (Lipinski definition) is 6. The molecule has 0 N–H and O–H groups in total. The second-order valence-electron chi connectivity index (χ2n) is 14.6. The van der Waals surface area contributed by atoms with Crippen LogP contribution in [-0.2, 0) is 30.0 Å². The van der Waals surface area contributed by atoms with E-state index in [2.05, 4.69) is 69.3 Å². The molecule has 3 aromatic rings. The van der Waals surface area contributed by atoms with Gasteiger partial charge in [0.05, 0.1) is 31.9 Å². The number of piperidine rings is 1. The number of benzene rings is 3. The molecule has 5 rings (SSSR count). The van der Waals surface area contributed by atoms with E-state index in [9.17, 15) is 4.79 Å². The molecule has 7 nitrogen and oxygen atoms in total. The molecule has 2 fully saturated rings. The van der Waals surface area contributed by atoms with Gasteiger partial charge in [0.25, 0.3) is 8.32 Å². The van der Waals surface area contributed by atoms with Gasteiger partial charge in [0, 0.05) is 0 Å². The molecule has 2 aliphatic heterocycles. The van der Waals surface area contributed by atoms with E-state index in [0.717, 1.165) is 15.9 Å². The summed E-state index contributed by atoms with van der Waals surface area (Å²) in [5.74, 6) is -0.871. The second-order valence-corrected chi connectivity index (χ2v) is 18.8. The molecule has 2 heterocycles. The topological polar surface area (TPSA) is 66.5 Å². The number of likely N-dealkylation sites (tertiary alicyclic amines) is 1. The molecule has 2 aliphatic rings. The van der Waals surface area contributed by atoms with Gasteiger partial charge in [0.2, 0.25) is 0 Å². The number of hydrogen-bond donors (Lipinski definition) is 0. The van der Waals surface area contributed by atoms with Gasteiger partial charge in [-0.15, -0.1) is 0 Å². The molecule has 0 bridgehead atoms. The number of carbonyl (C=O) groups excluding carboxylic acids is 1. The first-order valence-electron chi connectivity index (χ1n) is 16.0. The first-order valence-corrected chi connectivity index (χ1v) is 17.9. The lowest BCUT2D eigenvalue weighted by Crippen LogP contribution is -2.72. The van der Waals surface area contributed by atoms with E-state index >= 15 is 0 Å². The van der Waals surface area contributed by atoms with Crippen molar-refractivity contribution in [2.24, 2.45) is 0 Å². The molecule has 0 aromatic heterocycles. The number of rotatable bonds is 8. The SMILES string of the molecule is CC(C)(C)OC(=O)N1C[C@H](O[Si](c2ccccc2)(c2ccccc2)C(C)(C)C)[C@H]2OC(C)(C)O[C@H]2[C@H]1COCc1ccccc1. The van der Waals surface area contributed by atoms with Gasteiger partial charge in [-0.1, -0.05) is 112 Å². The zero-order valence-electron chi connectivity index (χ0n) is 28.0. The molecule has 0 spiro atoms. The molecular formula is C37H49NO6Si. The van der Waals surface area contributed by atoms with Gasteiger partial charge in [-0.2, -0.15) is 0 Å². The standard InChI is InChI=1S/C37H49NO6Si/c1-35(2,3)43-34(39)38-24-31(33-32(41-37(7,8)42-33)30(38)26-40-25-27-18-12-9-13-19-27)44-45(36(4,5)6,28-20-14-10-15-21-28)29-22-16-11-17-23-29/h9-23,30-33H,24-26H2,1-8H3/t30-,31+,32+,33-/m1/s1. The lowest BCUT2D eigenvalue weighted by Gasteiger charge is -2.50. The molecule has 0 saturated carbocycles. The number of fused-ring (bicyclic) bond motifs is 1. The minimum Gasteiger partial charge on any atom is -0.444 e. The maximum atomic E-state index is 14.0. The van der Waals surface area contributed by atoms with Crippen LogP contribution in [0.3, 0.4) is 0 Å². The van der Waals surface area contributed by atoms with Crippen LogP contribution in [0.1, 0.15) is 61.0 Å². The fraction of sp³-hybridized carbons (Fsp3) is 0.486. The Balaban J connectivity index is 1.56. The summed E-state index contributed by atoms with van der Waals surface area (Å²) in [5.41, 5.74) is 0.384. The summed E-state index contributed by atoms with van der Waals surface area (Å²) in [6.07, 6.45) is -1.81. The van der Waals surface area contributed by atoms with Crippen LogP contribution in [0.5, 0.6) is 0 Å². The van der Waals surface area contributed by atoms with Crippen molar-refractivity contribution in [3.63, 3.8) is 0 Å². The Labute approximate surface area is 269 Å². The van der Waals surface area contributed by atoms with Crippen LogP contribution in [0.15, 0.2) is 91.0 Å². The van der Waals surface area contributed by atoms with Crippen molar-refractivity contribution >= 4 is 24.8 Å². The van der Waals surface area contributed by atoms with Gasteiger partial charge in [-0.3, -0.25) is 4.90 Å². The number of ether oxygens (including phenoxy) is 4. The first kappa shape index (κ1) is 33.4. The van der Waals surface area contributed by atoms with Gasteiger partial charge in [-0.25, -0.2) is 4.79 Å². The lowest BCUT2D eigenvalue weighted by molar-refractivity contribution is -0.153. The molecule has 2 saturated heterocycles. The smallest absolute Gasteiger partial charge is 0.410 e. The van der Waals surface area contributed by atoms with Crippen molar-refractivity contribution in [2.75, 3.05) is 13.2 Å². The largest absolute Gasteiger partial charge is 0.444 e. The maximum absolute atomic E-state index is 14.0. The highest BCUT2D eigenvalue weighted by Gasteiger charge is 2.59. The Morgan fingerprint density at radius 3 is 1.84 bits per heavy atom. The van der Waals surface area contributed by atoms with E-state index in [1.165, 1.54) is 0 Å². The average molecular weight is 632 g/mol. The highest BCUT2D eigenvalue weighted by Crippen LogP contribution is 2.43. The fourth-order valence-corrected chi connectivity index (χ4v) is 11.3. The lowest BCUT2D eigenvalue weighted by atomic mass is 9.94. The third-order valence-electron chi connectivity index (χ3n) is 8.46. The molecule has 0 radical (unpaired) electrons. The molecule has 1 amide bonds. The second kappa shape index (κ2) is 13.0. The minimum absolute atomic E-state index is 0.257. The van der Waals surface area contributed by atoms with E-state index < -0.39 is 50.2 Å². The highest BCUT2D eigenvalue weighted by atomic mass is 28.4. The molecule has 8 heteroatoms. The minimum atomic E-state index is -2.99. The van der Waals surface area contributed by atoms with E-state index in [4.69, 9.17) is 23.4 Å². The summed E-state index contributed by atoms with van der Waals surface area (Å²) in [5, 5.41) is 2.07. The van der Waals surface area contributed by atoms with Crippen molar-refractivity contribution in [3.05, 3.63) is 96.6 Å². The van der Waals surface area contributed by atoms with Gasteiger partial charge in [0.15, 0.2) is 5.79 Å². The van der Waals surface area contributed by atoms with Crippen LogP contribution in [0.4, 0.5) is 4.79 Å². The predicted molar refractivity (Wildman–Crippen MR) is 179 cm³/mol. The summed E-state index contributed by atoms with van der Waals surface area (Å²) in [4.78, 5) is 15.7. The van der Waals surface area contributed by atoms with Crippen LogP contribution in [0, 0.1) is 0 Å². The highest BCUT2D eigenvalue weighted by molar-refractivity contribution is 6.99. The summed E-state index contributed by atoms with van der Waals surface area (Å²) in [6.45, 7) is 17.2. The molecular weight excluding hydrogens is 582 g/mol. The van der Waals surface area contributed by atoms with Gasteiger partial charge in [0.1, 0.15) is 17.8 Å². The molecule has 0 aliphatic carbocycles.